The Morgan fingerprint density at radius 1 is 1.02 bits per heavy atom. The Labute approximate surface area is 274 Å². The summed E-state index contributed by atoms with van der Waals surface area (Å²) in [6.07, 6.45) is 1.49. The number of nitrogens with one attached hydrogen (secondary N) is 1. The van der Waals surface area contributed by atoms with Crippen LogP contribution in [0.25, 0.3) is 11.0 Å². The Hall–Kier alpha value is -4.41. The van der Waals surface area contributed by atoms with Crippen LogP contribution in [0, 0.1) is 11.8 Å². The van der Waals surface area contributed by atoms with Gasteiger partial charge in [-0.15, -0.1) is 0 Å². The van der Waals surface area contributed by atoms with Crippen molar-refractivity contribution in [3.05, 3.63) is 71.5 Å². The van der Waals surface area contributed by atoms with Crippen LogP contribution in [0.3, 0.4) is 0 Å². The summed E-state index contributed by atoms with van der Waals surface area (Å²) >= 11 is 0. The van der Waals surface area contributed by atoms with E-state index in [4.69, 9.17) is 19.6 Å². The highest BCUT2D eigenvalue weighted by Crippen LogP contribution is 2.50. The first kappa shape index (κ1) is 33.9. The van der Waals surface area contributed by atoms with E-state index in [9.17, 15) is 23.6 Å². The number of halogens is 1. The molecule has 1 saturated carbocycles. The largest absolute Gasteiger partial charge is 0.460 e. The molecule has 2 heterocycles. The second-order valence-electron chi connectivity index (χ2n) is 13.4. The molecule has 4 atom stereocenters. The number of alkyl halides is 1. The fraction of sp³-hybridized carbons (Fsp3) is 0.500. The van der Waals surface area contributed by atoms with Gasteiger partial charge >= 0.3 is 12.1 Å². The molecular formula is C36H44FN3O7. The number of likely N-dealkylation sites (tertiary alicyclic amines) is 1. The lowest BCUT2D eigenvalue weighted by Crippen LogP contribution is -2.50. The second kappa shape index (κ2) is 14.1. The summed E-state index contributed by atoms with van der Waals surface area (Å²) in [6.45, 7) is 6.29. The number of amides is 3. The van der Waals surface area contributed by atoms with Crippen LogP contribution >= 0.6 is 0 Å². The molecule has 0 spiro atoms. The summed E-state index contributed by atoms with van der Waals surface area (Å²) in [5.74, 6) is -2.66. The molecule has 1 aliphatic carbocycles. The van der Waals surface area contributed by atoms with Gasteiger partial charge in [0.2, 0.25) is 17.6 Å². The van der Waals surface area contributed by atoms with Crippen LogP contribution in [0.4, 0.5) is 9.18 Å². The Bertz CT molecular complexity index is 1590. The molecule has 10 nitrogen and oxygen atoms in total. The van der Waals surface area contributed by atoms with E-state index in [1.54, 1.807) is 44.7 Å². The predicted molar refractivity (Wildman–Crippen MR) is 173 cm³/mol. The normalized spacial score (nSPS) is 23.7. The summed E-state index contributed by atoms with van der Waals surface area (Å²) in [5, 5.41) is 3.31. The molecule has 3 N–H and O–H groups in total. The molecule has 2 aromatic carbocycles. The van der Waals surface area contributed by atoms with Crippen molar-refractivity contribution in [3.8, 4) is 0 Å². The number of alkyl carbamates (subject to hydrolysis) is 1. The molecule has 47 heavy (non-hydrogen) atoms. The van der Waals surface area contributed by atoms with Crippen LogP contribution < -0.4 is 11.1 Å². The molecule has 2 aliphatic rings. The number of carbonyl (C=O) groups excluding carboxylic acids is 4. The van der Waals surface area contributed by atoms with E-state index in [1.807, 2.05) is 42.5 Å². The molecule has 1 aliphatic heterocycles. The number of hydrogen-bond acceptors (Lipinski definition) is 7. The Morgan fingerprint density at radius 2 is 1.68 bits per heavy atom. The summed E-state index contributed by atoms with van der Waals surface area (Å²) in [5.41, 5.74) is 7.17. The van der Waals surface area contributed by atoms with Gasteiger partial charge in [-0.25, -0.2) is 14.0 Å². The molecule has 5 rings (SSSR count). The van der Waals surface area contributed by atoms with Gasteiger partial charge in [0.05, 0.1) is 18.7 Å². The summed E-state index contributed by atoms with van der Waals surface area (Å²) in [6, 6.07) is 14.2. The van der Waals surface area contributed by atoms with Crippen molar-refractivity contribution in [3.63, 3.8) is 0 Å². The number of nitrogens with zero attached hydrogens (tertiary/aromatic N) is 1. The zero-order valence-corrected chi connectivity index (χ0v) is 27.4. The van der Waals surface area contributed by atoms with E-state index in [-0.39, 0.29) is 24.2 Å². The Balaban J connectivity index is 1.48. The van der Waals surface area contributed by atoms with Crippen LogP contribution in [0.2, 0.25) is 0 Å². The third-order valence-electron chi connectivity index (χ3n) is 9.25. The van der Waals surface area contributed by atoms with Crippen molar-refractivity contribution in [1.82, 2.24) is 10.2 Å². The number of carbonyl (C=O) groups is 4. The number of hydrogen-bond donors (Lipinski definition) is 2. The van der Waals surface area contributed by atoms with E-state index >= 15 is 0 Å². The number of benzene rings is 2. The molecule has 3 aromatic rings. The first-order valence-electron chi connectivity index (χ1n) is 16.3. The summed E-state index contributed by atoms with van der Waals surface area (Å²) in [4.78, 5) is 55.1. The van der Waals surface area contributed by atoms with Crippen molar-refractivity contribution in [1.29, 1.82) is 0 Å². The summed E-state index contributed by atoms with van der Waals surface area (Å²) in [7, 11) is 0. The van der Waals surface area contributed by atoms with Crippen LogP contribution in [0.5, 0.6) is 0 Å². The highest BCUT2D eigenvalue weighted by Gasteiger charge is 2.51. The zero-order valence-electron chi connectivity index (χ0n) is 27.4. The fourth-order valence-corrected chi connectivity index (χ4v) is 7.24. The highest BCUT2D eigenvalue weighted by atomic mass is 19.1. The van der Waals surface area contributed by atoms with Gasteiger partial charge in [-0.1, -0.05) is 48.5 Å². The van der Waals surface area contributed by atoms with Gasteiger partial charge in [-0.2, -0.15) is 0 Å². The third-order valence-corrected chi connectivity index (χ3v) is 9.25. The first-order valence-corrected chi connectivity index (χ1v) is 16.3. The van der Waals surface area contributed by atoms with Gasteiger partial charge in [-0.3, -0.25) is 9.59 Å². The lowest BCUT2D eigenvalue weighted by atomic mass is 9.78. The molecule has 1 aromatic heterocycles. The molecule has 0 radical (unpaired) electrons. The highest BCUT2D eigenvalue weighted by molar-refractivity contribution is 5.98. The standard InChI is InChI=1S/C36H44FN3O7/c1-5-45-34(43)31-29(24-13-9-10-14-28(24)46-31)27-19-25(21-11-7-6-8-12-21)30(32(38)41)40(27)33(42)23-17-15-22(16-18-23)26(20-37)39-35(44)47-36(2,3)4/h6-14,22-23,25-27,30H,5,15-20H2,1-4H3,(H2,38,41)(H,39,44)/t22?,23?,25-,26?,27?,30-/m0/s1. The molecule has 1 saturated heterocycles. The number of ether oxygens (including phenoxy) is 2. The van der Waals surface area contributed by atoms with E-state index in [0.717, 1.165) is 5.56 Å². The molecule has 2 fully saturated rings. The van der Waals surface area contributed by atoms with Crippen molar-refractivity contribution < 1.29 is 37.5 Å². The number of nitrogens with two attached hydrogens (primary N) is 1. The maximum Gasteiger partial charge on any atom is 0.407 e. The van der Waals surface area contributed by atoms with Crippen LogP contribution in [-0.2, 0) is 19.1 Å². The Morgan fingerprint density at radius 3 is 2.30 bits per heavy atom. The summed E-state index contributed by atoms with van der Waals surface area (Å²) < 4.78 is 30.9. The van der Waals surface area contributed by atoms with Gasteiger partial charge in [0.25, 0.3) is 0 Å². The lowest BCUT2D eigenvalue weighted by Gasteiger charge is -2.37. The molecular weight excluding hydrogens is 605 g/mol. The Kier molecular flexibility index (Phi) is 10.2. The number of rotatable bonds is 9. The molecule has 2 unspecified atom stereocenters. The predicted octanol–water partition coefficient (Wildman–Crippen LogP) is 6.19. The number of primary amides is 1. The minimum absolute atomic E-state index is 0.00417. The minimum atomic E-state index is -0.983. The topological polar surface area (TPSA) is 141 Å². The quantitative estimate of drug-likeness (QED) is 0.263. The maximum absolute atomic E-state index is 14.6. The lowest BCUT2D eigenvalue weighted by molar-refractivity contribution is -0.144. The number of fused-ring (bicyclic) bond motifs is 1. The van der Waals surface area contributed by atoms with Crippen molar-refractivity contribution in [2.45, 2.75) is 89.4 Å². The molecule has 252 valence electrons. The SMILES string of the molecule is CCOC(=O)c1oc2ccccc2c1C1C[C@@H](c2ccccc2)[C@@H](C(N)=O)N1C(=O)C1CCC(C(CF)NC(=O)OC(C)(C)C)CC1. The van der Waals surface area contributed by atoms with Crippen molar-refractivity contribution in [2.24, 2.45) is 17.6 Å². The zero-order chi connectivity index (χ0) is 33.9. The average molecular weight is 650 g/mol. The molecule has 0 bridgehead atoms. The van der Waals surface area contributed by atoms with E-state index in [2.05, 4.69) is 5.32 Å². The monoisotopic (exact) mass is 649 g/mol. The van der Waals surface area contributed by atoms with Gasteiger partial charge in [0.15, 0.2) is 0 Å². The van der Waals surface area contributed by atoms with Crippen LogP contribution in [0.1, 0.15) is 93.4 Å². The fourth-order valence-electron chi connectivity index (χ4n) is 7.24. The maximum atomic E-state index is 14.6. The average Bonchev–Trinajstić information content (AvgIpc) is 3.62. The van der Waals surface area contributed by atoms with Crippen molar-refractivity contribution >= 4 is 34.8 Å². The minimum Gasteiger partial charge on any atom is -0.460 e. The number of esters is 1. The van der Waals surface area contributed by atoms with Gasteiger partial charge in [-0.05, 0) is 77.3 Å². The number of para-hydroxylation sites is 1. The number of furan rings is 1. The molecule has 11 heteroatoms. The van der Waals surface area contributed by atoms with Gasteiger partial charge < -0.3 is 29.8 Å². The van der Waals surface area contributed by atoms with E-state index in [1.165, 1.54) is 0 Å². The smallest absolute Gasteiger partial charge is 0.407 e. The first-order chi connectivity index (χ1) is 22.4. The van der Waals surface area contributed by atoms with Gasteiger partial charge in [0.1, 0.15) is 23.9 Å². The van der Waals surface area contributed by atoms with Crippen LogP contribution in [0.15, 0.2) is 59.0 Å². The van der Waals surface area contributed by atoms with Crippen LogP contribution in [-0.4, -0.2) is 59.7 Å². The van der Waals surface area contributed by atoms with E-state index in [0.29, 0.717) is 48.6 Å². The second-order valence-corrected chi connectivity index (χ2v) is 13.4. The van der Waals surface area contributed by atoms with Crippen molar-refractivity contribution in [2.75, 3.05) is 13.3 Å². The van der Waals surface area contributed by atoms with Gasteiger partial charge in [0, 0.05) is 22.8 Å². The van der Waals surface area contributed by atoms with E-state index < -0.39 is 60.2 Å². The third kappa shape index (κ3) is 7.29. The molecule has 3 amide bonds.